The summed E-state index contributed by atoms with van der Waals surface area (Å²) in [7, 11) is 0. The van der Waals surface area contributed by atoms with E-state index in [1.807, 2.05) is 54.6 Å². The van der Waals surface area contributed by atoms with Crippen LogP contribution >= 0.6 is 0 Å². The number of aromatic hydroxyl groups is 1. The van der Waals surface area contributed by atoms with Gasteiger partial charge in [-0.05, 0) is 34.9 Å². The van der Waals surface area contributed by atoms with Crippen LogP contribution < -0.4 is 0 Å². The molecule has 3 aromatic carbocycles. The molecule has 120 valence electrons. The van der Waals surface area contributed by atoms with Gasteiger partial charge >= 0.3 is 0 Å². The molecule has 0 radical (unpaired) electrons. The number of benzene rings is 3. The molecule has 0 atom stereocenters. The summed E-state index contributed by atoms with van der Waals surface area (Å²) < 4.78 is 0. The maximum absolute atomic E-state index is 9.93. The van der Waals surface area contributed by atoms with Crippen molar-refractivity contribution in [3.05, 3.63) is 96.2 Å². The summed E-state index contributed by atoms with van der Waals surface area (Å²) >= 11 is 0. The zero-order chi connectivity index (χ0) is 17.1. The van der Waals surface area contributed by atoms with Crippen LogP contribution in [-0.2, 0) is 0 Å². The molecule has 2 heteroatoms. The molecule has 4 aromatic rings. The Morgan fingerprint density at radius 1 is 0.640 bits per heavy atom. The second kappa shape index (κ2) is 6.62. The maximum atomic E-state index is 9.93. The number of fused-ring (bicyclic) bond motifs is 1. The number of hydrogen-bond donors (Lipinski definition) is 1. The molecule has 1 N–H and O–H groups in total. The smallest absolute Gasteiger partial charge is 0.141 e. The fraction of sp³-hybridized carbons (Fsp3) is 0. The van der Waals surface area contributed by atoms with Crippen LogP contribution in [0.5, 0.6) is 5.75 Å². The molecule has 0 spiro atoms. The van der Waals surface area contributed by atoms with Gasteiger partial charge in [0.2, 0.25) is 0 Å². The minimum atomic E-state index is 0.208. The lowest BCUT2D eigenvalue weighted by molar-refractivity contribution is 0.480. The van der Waals surface area contributed by atoms with E-state index in [9.17, 15) is 5.11 Å². The number of para-hydroxylation sites is 1. The monoisotopic (exact) mass is 323 g/mol. The first kappa shape index (κ1) is 15.2. The van der Waals surface area contributed by atoms with Gasteiger partial charge in [-0.2, -0.15) is 0 Å². The average Bonchev–Trinajstić information content (AvgIpc) is 2.68. The van der Waals surface area contributed by atoms with Crippen LogP contribution in [0, 0.1) is 0 Å². The van der Waals surface area contributed by atoms with E-state index in [1.54, 1.807) is 6.07 Å². The molecule has 0 aliphatic rings. The lowest BCUT2D eigenvalue weighted by Crippen LogP contribution is -1.84. The van der Waals surface area contributed by atoms with E-state index in [4.69, 9.17) is 0 Å². The molecule has 0 aliphatic heterocycles. The topological polar surface area (TPSA) is 33.1 Å². The summed E-state index contributed by atoms with van der Waals surface area (Å²) in [5.74, 6) is 0.208. The van der Waals surface area contributed by atoms with Gasteiger partial charge in [0.25, 0.3) is 0 Å². The summed E-state index contributed by atoms with van der Waals surface area (Å²) in [5, 5.41) is 10.9. The molecule has 0 saturated carbocycles. The van der Waals surface area contributed by atoms with Gasteiger partial charge < -0.3 is 5.11 Å². The molecule has 0 aliphatic carbocycles. The van der Waals surface area contributed by atoms with Crippen LogP contribution in [0.15, 0.2) is 84.9 Å². The fourth-order valence-electron chi connectivity index (χ4n) is 2.84. The van der Waals surface area contributed by atoms with Gasteiger partial charge in [0.15, 0.2) is 0 Å². The van der Waals surface area contributed by atoms with Crippen LogP contribution in [0.3, 0.4) is 0 Å². The molecule has 1 aromatic heterocycles. The molecule has 4 rings (SSSR count). The lowest BCUT2D eigenvalue weighted by Gasteiger charge is -2.03. The van der Waals surface area contributed by atoms with Crippen molar-refractivity contribution in [2.75, 3.05) is 0 Å². The number of rotatable bonds is 3. The van der Waals surface area contributed by atoms with Crippen molar-refractivity contribution in [3.8, 4) is 16.9 Å². The van der Waals surface area contributed by atoms with E-state index in [0.29, 0.717) is 5.52 Å². The molecule has 0 unspecified atom stereocenters. The highest BCUT2D eigenvalue weighted by molar-refractivity contribution is 5.85. The number of aromatic nitrogens is 1. The van der Waals surface area contributed by atoms with Gasteiger partial charge in [0, 0.05) is 5.39 Å². The van der Waals surface area contributed by atoms with E-state index in [-0.39, 0.29) is 5.75 Å². The van der Waals surface area contributed by atoms with Gasteiger partial charge in [0.05, 0.1) is 5.69 Å². The average molecular weight is 323 g/mol. The highest BCUT2D eigenvalue weighted by atomic mass is 16.3. The first-order chi connectivity index (χ1) is 12.3. The van der Waals surface area contributed by atoms with E-state index in [0.717, 1.165) is 16.6 Å². The van der Waals surface area contributed by atoms with Crippen LogP contribution in [-0.4, -0.2) is 10.1 Å². The third-order valence-electron chi connectivity index (χ3n) is 4.18. The summed E-state index contributed by atoms with van der Waals surface area (Å²) in [6, 6.07) is 28.1. The summed E-state index contributed by atoms with van der Waals surface area (Å²) in [6.45, 7) is 0. The molecule has 0 fully saturated rings. The number of phenolic OH excluding ortho intramolecular Hbond substituents is 1. The number of nitrogens with zero attached hydrogens (tertiary/aromatic N) is 1. The predicted molar refractivity (Wildman–Crippen MR) is 104 cm³/mol. The zero-order valence-corrected chi connectivity index (χ0v) is 13.6. The minimum Gasteiger partial charge on any atom is -0.506 e. The van der Waals surface area contributed by atoms with Crippen LogP contribution in [0.2, 0.25) is 0 Å². The Bertz CT molecular complexity index is 1030. The Labute approximate surface area is 146 Å². The van der Waals surface area contributed by atoms with Crippen molar-refractivity contribution in [2.45, 2.75) is 0 Å². The lowest BCUT2D eigenvalue weighted by atomic mass is 10.0. The first-order valence-corrected chi connectivity index (χ1v) is 8.22. The second-order valence-electron chi connectivity index (χ2n) is 5.91. The predicted octanol–water partition coefficient (Wildman–Crippen LogP) is 5.78. The highest BCUT2D eigenvalue weighted by Crippen LogP contribution is 2.23. The van der Waals surface area contributed by atoms with E-state index >= 15 is 0 Å². The zero-order valence-electron chi connectivity index (χ0n) is 13.6. The van der Waals surface area contributed by atoms with Gasteiger partial charge in [0.1, 0.15) is 11.3 Å². The first-order valence-electron chi connectivity index (χ1n) is 8.22. The van der Waals surface area contributed by atoms with Crippen molar-refractivity contribution < 1.29 is 5.11 Å². The van der Waals surface area contributed by atoms with E-state index in [2.05, 4.69) is 41.4 Å². The molecule has 1 heterocycles. The standard InChI is InChI=1S/C23H17NO/c25-22-8-4-7-20-14-16-21(24-23(20)22)15-11-17-9-12-19(13-10-17)18-5-2-1-3-6-18/h1-16,25H/b15-11+. The molecular formula is C23H17NO. The quantitative estimate of drug-likeness (QED) is 0.518. The normalized spacial score (nSPS) is 11.2. The minimum absolute atomic E-state index is 0.208. The van der Waals surface area contributed by atoms with E-state index in [1.165, 1.54) is 11.1 Å². The van der Waals surface area contributed by atoms with Gasteiger partial charge in [-0.15, -0.1) is 0 Å². The third-order valence-corrected chi connectivity index (χ3v) is 4.18. The second-order valence-corrected chi connectivity index (χ2v) is 5.91. The molecule has 25 heavy (non-hydrogen) atoms. The maximum Gasteiger partial charge on any atom is 0.141 e. The summed E-state index contributed by atoms with van der Waals surface area (Å²) in [6.07, 6.45) is 3.99. The van der Waals surface area contributed by atoms with Gasteiger partial charge in [-0.1, -0.05) is 78.9 Å². The number of pyridine rings is 1. The molecule has 0 saturated heterocycles. The fourth-order valence-corrected chi connectivity index (χ4v) is 2.84. The highest BCUT2D eigenvalue weighted by Gasteiger charge is 2.01. The molecular weight excluding hydrogens is 306 g/mol. The molecule has 2 nitrogen and oxygen atoms in total. The molecule has 0 bridgehead atoms. The Morgan fingerprint density at radius 2 is 1.40 bits per heavy atom. The van der Waals surface area contributed by atoms with Crippen molar-refractivity contribution in [2.24, 2.45) is 0 Å². The van der Waals surface area contributed by atoms with Crippen LogP contribution in [0.1, 0.15) is 11.3 Å². The Kier molecular flexibility index (Phi) is 4.01. The van der Waals surface area contributed by atoms with Crippen molar-refractivity contribution in [1.29, 1.82) is 0 Å². The Balaban J connectivity index is 1.58. The SMILES string of the molecule is Oc1cccc2ccc(/C=C/c3ccc(-c4ccccc4)cc3)nc12. The molecule has 0 amide bonds. The largest absolute Gasteiger partial charge is 0.506 e. The summed E-state index contributed by atoms with van der Waals surface area (Å²) in [4.78, 5) is 4.52. The third kappa shape index (κ3) is 3.29. The van der Waals surface area contributed by atoms with Gasteiger partial charge in [-0.3, -0.25) is 0 Å². The van der Waals surface area contributed by atoms with Crippen molar-refractivity contribution in [1.82, 2.24) is 4.98 Å². The van der Waals surface area contributed by atoms with Crippen LogP contribution in [0.25, 0.3) is 34.2 Å². The van der Waals surface area contributed by atoms with Crippen molar-refractivity contribution >= 4 is 23.1 Å². The Morgan fingerprint density at radius 3 is 2.20 bits per heavy atom. The van der Waals surface area contributed by atoms with Gasteiger partial charge in [-0.25, -0.2) is 4.98 Å². The number of hydrogen-bond acceptors (Lipinski definition) is 2. The van der Waals surface area contributed by atoms with E-state index < -0.39 is 0 Å². The number of phenols is 1. The van der Waals surface area contributed by atoms with Crippen molar-refractivity contribution in [3.63, 3.8) is 0 Å². The summed E-state index contributed by atoms with van der Waals surface area (Å²) in [5.41, 5.74) is 4.97. The van der Waals surface area contributed by atoms with Crippen LogP contribution in [0.4, 0.5) is 0 Å². The Hall–Kier alpha value is -3.39.